The zero-order valence-electron chi connectivity index (χ0n) is 15.7. The third kappa shape index (κ3) is 3.01. The number of fused-ring (bicyclic) bond motifs is 1. The van der Waals surface area contributed by atoms with Crippen LogP contribution in [0.4, 0.5) is 0 Å². The molecular weight excluding hydrogens is 352 g/mol. The molecule has 0 bridgehead atoms. The first-order valence-electron chi connectivity index (χ1n) is 8.07. The summed E-state index contributed by atoms with van der Waals surface area (Å²) in [5.74, 6) is 1.97. The van der Waals surface area contributed by atoms with Crippen LogP contribution >= 0.6 is 0 Å². The van der Waals surface area contributed by atoms with E-state index in [1.807, 2.05) is 0 Å². The number of benzene rings is 2. The van der Waals surface area contributed by atoms with Crippen molar-refractivity contribution in [3.8, 4) is 40.1 Å². The van der Waals surface area contributed by atoms with Gasteiger partial charge in [0.1, 0.15) is 16.7 Å². The molecule has 142 valence electrons. The maximum atomic E-state index is 13.1. The molecule has 1 heterocycles. The fraction of sp³-hybridized carbons (Fsp3) is 0.250. The van der Waals surface area contributed by atoms with Crippen molar-refractivity contribution in [3.05, 3.63) is 40.6 Å². The molecular formula is C20H20O7. The molecule has 0 aliphatic carbocycles. The van der Waals surface area contributed by atoms with Crippen LogP contribution in [0.25, 0.3) is 22.3 Å². The van der Waals surface area contributed by atoms with Crippen molar-refractivity contribution in [2.24, 2.45) is 0 Å². The molecule has 3 rings (SSSR count). The van der Waals surface area contributed by atoms with Crippen LogP contribution < -0.4 is 29.1 Å². The summed E-state index contributed by atoms with van der Waals surface area (Å²) < 4.78 is 32.7. The standard InChI is InChI=1S/C20H20O7/c1-22-12-8-6-11(7-9-12)17-20(26-5)16(21)15-13(27-17)10-14(23-2)18(24-3)19(15)25-4/h6-10H,1-5H3. The highest BCUT2D eigenvalue weighted by molar-refractivity contribution is 5.91. The number of hydrogen-bond acceptors (Lipinski definition) is 7. The summed E-state index contributed by atoms with van der Waals surface area (Å²) in [6, 6.07) is 8.69. The number of hydrogen-bond donors (Lipinski definition) is 0. The van der Waals surface area contributed by atoms with Gasteiger partial charge in [0.25, 0.3) is 0 Å². The van der Waals surface area contributed by atoms with E-state index in [2.05, 4.69) is 0 Å². The zero-order chi connectivity index (χ0) is 19.6. The monoisotopic (exact) mass is 372 g/mol. The Bertz CT molecular complexity index is 1020. The van der Waals surface area contributed by atoms with Crippen LogP contribution in [-0.4, -0.2) is 35.5 Å². The Labute approximate surface area is 156 Å². The van der Waals surface area contributed by atoms with Crippen LogP contribution in [0.2, 0.25) is 0 Å². The summed E-state index contributed by atoms with van der Waals surface area (Å²) >= 11 is 0. The molecule has 7 heteroatoms. The van der Waals surface area contributed by atoms with Gasteiger partial charge in [-0.3, -0.25) is 4.79 Å². The summed E-state index contributed by atoms with van der Waals surface area (Å²) in [5.41, 5.74) is 0.587. The maximum Gasteiger partial charge on any atom is 0.239 e. The van der Waals surface area contributed by atoms with E-state index in [0.29, 0.717) is 34.2 Å². The SMILES string of the molecule is COc1ccc(-c2oc3cc(OC)c(OC)c(OC)c3c(=O)c2OC)cc1. The zero-order valence-corrected chi connectivity index (χ0v) is 15.7. The molecule has 0 radical (unpaired) electrons. The number of rotatable bonds is 6. The molecule has 0 aliphatic rings. The van der Waals surface area contributed by atoms with Crippen molar-refractivity contribution in [2.75, 3.05) is 35.5 Å². The van der Waals surface area contributed by atoms with Gasteiger partial charge in [-0.2, -0.15) is 0 Å². The predicted molar refractivity (Wildman–Crippen MR) is 101 cm³/mol. The van der Waals surface area contributed by atoms with Crippen molar-refractivity contribution < 1.29 is 28.1 Å². The van der Waals surface area contributed by atoms with E-state index < -0.39 is 0 Å². The van der Waals surface area contributed by atoms with Crippen LogP contribution in [-0.2, 0) is 0 Å². The molecule has 0 aliphatic heterocycles. The lowest BCUT2D eigenvalue weighted by atomic mass is 10.1. The van der Waals surface area contributed by atoms with Crippen LogP contribution in [0, 0.1) is 0 Å². The van der Waals surface area contributed by atoms with Gasteiger partial charge >= 0.3 is 0 Å². The first kappa shape index (κ1) is 18.4. The molecule has 0 spiro atoms. The van der Waals surface area contributed by atoms with Gasteiger partial charge in [0.05, 0.1) is 35.5 Å². The second kappa shape index (κ2) is 7.49. The minimum Gasteiger partial charge on any atom is -0.497 e. The lowest BCUT2D eigenvalue weighted by Crippen LogP contribution is -2.10. The molecule has 0 saturated carbocycles. The molecule has 7 nitrogen and oxygen atoms in total. The highest BCUT2D eigenvalue weighted by atomic mass is 16.5. The Morgan fingerprint density at radius 1 is 0.741 bits per heavy atom. The Morgan fingerprint density at radius 2 is 1.37 bits per heavy atom. The normalized spacial score (nSPS) is 10.6. The molecule has 0 unspecified atom stereocenters. The quantitative estimate of drug-likeness (QED) is 0.655. The van der Waals surface area contributed by atoms with Crippen LogP contribution in [0.5, 0.6) is 28.7 Å². The van der Waals surface area contributed by atoms with Gasteiger partial charge < -0.3 is 28.1 Å². The smallest absolute Gasteiger partial charge is 0.239 e. The minimum atomic E-state index is -0.373. The third-order valence-corrected chi connectivity index (χ3v) is 4.20. The number of ether oxygens (including phenoxy) is 5. The topological polar surface area (TPSA) is 76.4 Å². The second-order valence-electron chi connectivity index (χ2n) is 5.54. The van der Waals surface area contributed by atoms with Gasteiger partial charge in [-0.1, -0.05) is 0 Å². The molecule has 0 saturated heterocycles. The summed E-state index contributed by atoms with van der Waals surface area (Å²) in [7, 11) is 7.40. The van der Waals surface area contributed by atoms with Crippen LogP contribution in [0.15, 0.2) is 39.5 Å². The van der Waals surface area contributed by atoms with Crippen molar-refractivity contribution in [1.29, 1.82) is 0 Å². The van der Waals surface area contributed by atoms with E-state index in [9.17, 15) is 4.79 Å². The molecule has 0 atom stereocenters. The van der Waals surface area contributed by atoms with Crippen molar-refractivity contribution in [3.63, 3.8) is 0 Å². The van der Waals surface area contributed by atoms with E-state index in [0.717, 1.165) is 0 Å². The predicted octanol–water partition coefficient (Wildman–Crippen LogP) is 3.50. The maximum absolute atomic E-state index is 13.1. The average Bonchev–Trinajstić information content (AvgIpc) is 2.72. The molecule has 0 amide bonds. The molecule has 3 aromatic rings. The van der Waals surface area contributed by atoms with E-state index in [4.69, 9.17) is 28.1 Å². The molecule has 1 aromatic heterocycles. The second-order valence-corrected chi connectivity index (χ2v) is 5.54. The molecule has 2 aromatic carbocycles. The van der Waals surface area contributed by atoms with Crippen molar-refractivity contribution in [1.82, 2.24) is 0 Å². The van der Waals surface area contributed by atoms with E-state index >= 15 is 0 Å². The van der Waals surface area contributed by atoms with Gasteiger partial charge in [-0.15, -0.1) is 0 Å². The minimum absolute atomic E-state index is 0.0678. The van der Waals surface area contributed by atoms with Gasteiger partial charge in [0.2, 0.25) is 16.9 Å². The average molecular weight is 372 g/mol. The van der Waals surface area contributed by atoms with Gasteiger partial charge in [-0.05, 0) is 24.3 Å². The third-order valence-electron chi connectivity index (χ3n) is 4.20. The fourth-order valence-corrected chi connectivity index (χ4v) is 2.92. The van der Waals surface area contributed by atoms with Crippen LogP contribution in [0.3, 0.4) is 0 Å². The van der Waals surface area contributed by atoms with E-state index in [-0.39, 0.29) is 22.3 Å². The van der Waals surface area contributed by atoms with E-state index in [1.54, 1.807) is 37.4 Å². The lowest BCUT2D eigenvalue weighted by Gasteiger charge is -2.16. The highest BCUT2D eigenvalue weighted by Crippen LogP contribution is 2.44. The van der Waals surface area contributed by atoms with E-state index in [1.165, 1.54) is 28.4 Å². The molecule has 0 fully saturated rings. The number of methoxy groups -OCH3 is 5. The first-order valence-corrected chi connectivity index (χ1v) is 8.07. The summed E-state index contributed by atoms with van der Waals surface area (Å²) in [4.78, 5) is 13.1. The van der Waals surface area contributed by atoms with Gasteiger partial charge in [0, 0.05) is 11.6 Å². The summed E-state index contributed by atoms with van der Waals surface area (Å²) in [5, 5.41) is 0.212. The summed E-state index contributed by atoms with van der Waals surface area (Å²) in [6.45, 7) is 0. The first-order chi connectivity index (χ1) is 13.1. The molecule has 0 N–H and O–H groups in total. The molecule has 27 heavy (non-hydrogen) atoms. The largest absolute Gasteiger partial charge is 0.497 e. The Morgan fingerprint density at radius 3 is 1.89 bits per heavy atom. The van der Waals surface area contributed by atoms with Crippen molar-refractivity contribution >= 4 is 11.0 Å². The summed E-state index contributed by atoms with van der Waals surface area (Å²) in [6.07, 6.45) is 0. The fourth-order valence-electron chi connectivity index (χ4n) is 2.92. The Hall–Kier alpha value is -3.35. The lowest BCUT2D eigenvalue weighted by molar-refractivity contribution is 0.325. The van der Waals surface area contributed by atoms with Crippen molar-refractivity contribution in [2.45, 2.75) is 0 Å². The van der Waals surface area contributed by atoms with Crippen LogP contribution in [0.1, 0.15) is 0 Å². The van der Waals surface area contributed by atoms with Gasteiger partial charge in [0.15, 0.2) is 17.3 Å². The highest BCUT2D eigenvalue weighted by Gasteiger charge is 2.24. The Kier molecular flexibility index (Phi) is 5.12. The van der Waals surface area contributed by atoms with Gasteiger partial charge in [-0.25, -0.2) is 0 Å². The Balaban J connectivity index is 2.38.